The minimum absolute atomic E-state index is 0.144. The maximum Gasteiger partial charge on any atom is 0.344 e. The Morgan fingerprint density at radius 2 is 2.15 bits per heavy atom. The largest absolute Gasteiger partial charge is 0.344 e. The third-order valence-corrected chi connectivity index (χ3v) is 4.03. The van der Waals surface area contributed by atoms with Crippen molar-refractivity contribution in [2.75, 3.05) is 0 Å². The number of hydrazine groups is 1. The van der Waals surface area contributed by atoms with Gasteiger partial charge in [-0.15, -0.1) is 10.2 Å². The summed E-state index contributed by atoms with van der Waals surface area (Å²) in [4.78, 5) is 37.1. The van der Waals surface area contributed by atoms with Gasteiger partial charge < -0.3 is 5.32 Å². The van der Waals surface area contributed by atoms with E-state index in [0.717, 1.165) is 4.80 Å². The van der Waals surface area contributed by atoms with Crippen LogP contribution >= 0.6 is 0 Å². The summed E-state index contributed by atoms with van der Waals surface area (Å²) in [6.45, 7) is 2.95. The molecule has 0 spiro atoms. The van der Waals surface area contributed by atoms with Crippen molar-refractivity contribution in [2.24, 2.45) is 0 Å². The van der Waals surface area contributed by atoms with Crippen molar-refractivity contribution < 1.29 is 18.8 Å². The van der Waals surface area contributed by atoms with Crippen molar-refractivity contribution in [2.45, 2.75) is 32.4 Å². The molecule has 136 valence electrons. The van der Waals surface area contributed by atoms with Gasteiger partial charge in [0.05, 0.1) is 0 Å². The molecule has 26 heavy (non-hydrogen) atoms. The van der Waals surface area contributed by atoms with Crippen LogP contribution in [0.4, 0.5) is 9.18 Å². The predicted molar refractivity (Wildman–Crippen MR) is 85.4 cm³/mol. The Balaban J connectivity index is 1.66. The van der Waals surface area contributed by atoms with E-state index in [1.54, 1.807) is 19.9 Å². The van der Waals surface area contributed by atoms with E-state index < -0.39 is 29.2 Å². The molecule has 10 nitrogen and oxygen atoms in total. The highest BCUT2D eigenvalue weighted by Crippen LogP contribution is 2.19. The monoisotopic (exact) mass is 361 g/mol. The number of imide groups is 1. The van der Waals surface area contributed by atoms with E-state index in [9.17, 15) is 18.8 Å². The molecule has 1 atom stereocenters. The summed E-state index contributed by atoms with van der Waals surface area (Å²) in [7, 11) is 0. The number of nitrogens with zero attached hydrogens (tertiary/aromatic N) is 5. The van der Waals surface area contributed by atoms with E-state index in [0.29, 0.717) is 17.0 Å². The van der Waals surface area contributed by atoms with Crippen LogP contribution < -0.4 is 10.7 Å². The first-order valence-electron chi connectivity index (χ1n) is 7.82. The molecule has 1 aromatic heterocycles. The molecular formula is C15H16FN7O3. The summed E-state index contributed by atoms with van der Waals surface area (Å²) < 4.78 is 13.2. The van der Waals surface area contributed by atoms with Crippen molar-refractivity contribution in [1.82, 2.24) is 36.0 Å². The zero-order valence-corrected chi connectivity index (χ0v) is 14.1. The highest BCUT2D eigenvalue weighted by atomic mass is 19.1. The van der Waals surface area contributed by atoms with Gasteiger partial charge in [-0.1, -0.05) is 19.1 Å². The van der Waals surface area contributed by atoms with Crippen LogP contribution in [0, 0.1) is 5.82 Å². The van der Waals surface area contributed by atoms with Gasteiger partial charge in [0.15, 0.2) is 0 Å². The third kappa shape index (κ3) is 3.23. The summed E-state index contributed by atoms with van der Waals surface area (Å²) in [5, 5.41) is 14.6. The lowest BCUT2D eigenvalue weighted by Gasteiger charge is -2.19. The summed E-state index contributed by atoms with van der Waals surface area (Å²) in [6.07, 6.45) is 0.381. The van der Waals surface area contributed by atoms with Crippen LogP contribution in [0.25, 0.3) is 11.4 Å². The standard InChI is InChI=1S/C15H16FN7O3/c1-3-15(2)13(25)23(14(26)17-15)19-11(24)8-22-20-12(18-21-22)9-5-4-6-10(16)7-9/h4-7H,3,8H2,1-2H3,(H,17,26)(H,19,24)/t15-/m0/s1. The molecular weight excluding hydrogens is 345 g/mol. The number of amides is 4. The molecule has 0 aliphatic carbocycles. The fourth-order valence-corrected chi connectivity index (χ4v) is 2.37. The average molecular weight is 361 g/mol. The van der Waals surface area contributed by atoms with Gasteiger partial charge in [0, 0.05) is 5.56 Å². The summed E-state index contributed by atoms with van der Waals surface area (Å²) in [6, 6.07) is 4.91. The van der Waals surface area contributed by atoms with Crippen molar-refractivity contribution >= 4 is 17.8 Å². The Morgan fingerprint density at radius 3 is 2.81 bits per heavy atom. The molecule has 0 bridgehead atoms. The quantitative estimate of drug-likeness (QED) is 0.735. The molecule has 1 aromatic carbocycles. The van der Waals surface area contributed by atoms with Crippen LogP contribution in [0.2, 0.25) is 0 Å². The van der Waals surface area contributed by atoms with Crippen LogP contribution in [-0.2, 0) is 16.1 Å². The number of aromatic nitrogens is 4. The lowest BCUT2D eigenvalue weighted by atomic mass is 10.00. The Bertz CT molecular complexity index is 884. The first-order valence-corrected chi connectivity index (χ1v) is 7.82. The van der Waals surface area contributed by atoms with Crippen LogP contribution in [0.15, 0.2) is 24.3 Å². The molecule has 1 fully saturated rings. The second kappa shape index (κ2) is 6.50. The number of hydrogen-bond acceptors (Lipinski definition) is 6. The Morgan fingerprint density at radius 1 is 1.38 bits per heavy atom. The number of urea groups is 1. The first-order chi connectivity index (χ1) is 12.3. The Hall–Kier alpha value is -3.37. The van der Waals surface area contributed by atoms with Gasteiger partial charge >= 0.3 is 6.03 Å². The fourth-order valence-electron chi connectivity index (χ4n) is 2.37. The number of halogens is 1. The number of carbonyl (C=O) groups excluding carboxylic acids is 3. The van der Waals surface area contributed by atoms with E-state index in [1.165, 1.54) is 18.2 Å². The van der Waals surface area contributed by atoms with Crippen LogP contribution in [-0.4, -0.2) is 48.6 Å². The molecule has 2 aromatic rings. The molecule has 3 rings (SSSR count). The van der Waals surface area contributed by atoms with Gasteiger partial charge in [0.1, 0.15) is 17.9 Å². The van der Waals surface area contributed by atoms with E-state index in [4.69, 9.17) is 0 Å². The molecule has 1 aliphatic rings. The number of benzene rings is 1. The first kappa shape index (κ1) is 17.5. The van der Waals surface area contributed by atoms with Gasteiger partial charge in [-0.05, 0) is 30.7 Å². The van der Waals surface area contributed by atoms with Crippen LogP contribution in [0.5, 0.6) is 0 Å². The predicted octanol–water partition coefficient (Wildman–Crippen LogP) is 0.231. The van der Waals surface area contributed by atoms with Crippen molar-refractivity contribution in [3.8, 4) is 11.4 Å². The van der Waals surface area contributed by atoms with Crippen molar-refractivity contribution in [3.05, 3.63) is 30.1 Å². The van der Waals surface area contributed by atoms with E-state index in [2.05, 4.69) is 26.2 Å². The third-order valence-electron chi connectivity index (χ3n) is 4.03. The minimum atomic E-state index is -1.06. The highest BCUT2D eigenvalue weighted by molar-refractivity contribution is 6.07. The normalized spacial score (nSPS) is 19.6. The highest BCUT2D eigenvalue weighted by Gasteiger charge is 2.47. The van der Waals surface area contributed by atoms with E-state index >= 15 is 0 Å². The molecule has 0 saturated carbocycles. The smallest absolute Gasteiger partial charge is 0.322 e. The molecule has 2 heterocycles. The number of nitrogens with one attached hydrogen (secondary N) is 2. The maximum absolute atomic E-state index is 13.2. The summed E-state index contributed by atoms with van der Waals surface area (Å²) in [5.74, 6) is -1.54. The molecule has 1 aliphatic heterocycles. The molecule has 4 amide bonds. The minimum Gasteiger partial charge on any atom is -0.322 e. The van der Waals surface area contributed by atoms with Crippen molar-refractivity contribution in [1.29, 1.82) is 0 Å². The average Bonchev–Trinajstić information content (AvgIpc) is 3.14. The summed E-state index contributed by atoms with van der Waals surface area (Å²) >= 11 is 0. The molecule has 0 radical (unpaired) electrons. The second-order valence-electron chi connectivity index (χ2n) is 5.95. The number of tetrazole rings is 1. The maximum atomic E-state index is 13.2. The topological polar surface area (TPSA) is 122 Å². The van der Waals surface area contributed by atoms with Gasteiger partial charge in [-0.25, -0.2) is 9.18 Å². The second-order valence-corrected chi connectivity index (χ2v) is 5.95. The van der Waals surface area contributed by atoms with E-state index in [-0.39, 0.29) is 12.4 Å². The zero-order valence-electron chi connectivity index (χ0n) is 14.1. The van der Waals surface area contributed by atoms with Gasteiger partial charge in [0.2, 0.25) is 5.82 Å². The lowest BCUT2D eigenvalue weighted by molar-refractivity contribution is -0.139. The van der Waals surface area contributed by atoms with Gasteiger partial charge in [-0.2, -0.15) is 9.81 Å². The molecule has 1 saturated heterocycles. The molecule has 11 heteroatoms. The number of hydrogen-bond donors (Lipinski definition) is 2. The Labute approximate surface area is 147 Å². The van der Waals surface area contributed by atoms with Crippen LogP contribution in [0.1, 0.15) is 20.3 Å². The zero-order chi connectivity index (χ0) is 18.9. The van der Waals surface area contributed by atoms with Crippen molar-refractivity contribution in [3.63, 3.8) is 0 Å². The summed E-state index contributed by atoms with van der Waals surface area (Å²) in [5.41, 5.74) is 1.57. The van der Waals surface area contributed by atoms with E-state index in [1.807, 2.05) is 0 Å². The van der Waals surface area contributed by atoms with Gasteiger partial charge in [0.25, 0.3) is 11.8 Å². The SMILES string of the molecule is CC[C@]1(C)NC(=O)N(NC(=O)Cn2nnc(-c3cccc(F)c3)n2)C1=O. The van der Waals surface area contributed by atoms with Crippen LogP contribution in [0.3, 0.4) is 0 Å². The van der Waals surface area contributed by atoms with Gasteiger partial charge in [-0.3, -0.25) is 15.0 Å². The lowest BCUT2D eigenvalue weighted by Crippen LogP contribution is -2.49. The molecule has 0 unspecified atom stereocenters. The number of rotatable bonds is 5. The molecule has 2 N–H and O–H groups in total. The Kier molecular flexibility index (Phi) is 4.36. The number of carbonyl (C=O) groups is 3. The fraction of sp³-hybridized carbons (Fsp3) is 0.333.